The molecule has 28 heavy (non-hydrogen) atoms. The van der Waals surface area contributed by atoms with Crippen LogP contribution in [0.15, 0.2) is 42.5 Å². The molecular weight excluding hydrogens is 370 g/mol. The number of hydrogen-bond acceptors (Lipinski definition) is 4. The van der Waals surface area contributed by atoms with Crippen LogP contribution in [-0.4, -0.2) is 28.0 Å². The first-order valence-electron chi connectivity index (χ1n) is 8.38. The van der Waals surface area contributed by atoms with Crippen LogP contribution < -0.4 is 9.47 Å². The van der Waals surface area contributed by atoms with Gasteiger partial charge in [0.25, 0.3) is 0 Å². The Morgan fingerprint density at radius 2 is 1.93 bits per heavy atom. The number of hydrogen-bond donors (Lipinski definition) is 1. The molecule has 0 fully saturated rings. The minimum absolute atomic E-state index is 0.0590. The Morgan fingerprint density at radius 3 is 2.57 bits per heavy atom. The standard InChI is InChI=1S/C20H18F2N2O4/c1-12-7-18(20(25)26)23-24(12)10-14-8-16(27-2)5-6-19(14)28-11-13-3-4-15(21)9-17(13)22/h3-9H,10-11H2,1-2H3,(H,25,26). The highest BCUT2D eigenvalue weighted by Crippen LogP contribution is 2.27. The van der Waals surface area contributed by atoms with Crippen molar-refractivity contribution in [2.75, 3.05) is 7.11 Å². The van der Waals surface area contributed by atoms with E-state index in [9.17, 15) is 13.6 Å². The van der Waals surface area contributed by atoms with Gasteiger partial charge in [0.2, 0.25) is 0 Å². The Morgan fingerprint density at radius 1 is 1.14 bits per heavy atom. The van der Waals surface area contributed by atoms with Crippen molar-refractivity contribution < 1.29 is 28.2 Å². The van der Waals surface area contributed by atoms with Crippen LogP contribution in [0.2, 0.25) is 0 Å². The van der Waals surface area contributed by atoms with Gasteiger partial charge in [-0.2, -0.15) is 5.10 Å². The van der Waals surface area contributed by atoms with Crippen LogP contribution in [0.4, 0.5) is 8.78 Å². The van der Waals surface area contributed by atoms with E-state index >= 15 is 0 Å². The molecule has 1 N–H and O–H groups in total. The maximum absolute atomic E-state index is 13.8. The van der Waals surface area contributed by atoms with E-state index in [-0.39, 0.29) is 24.4 Å². The van der Waals surface area contributed by atoms with Crippen LogP contribution in [0.3, 0.4) is 0 Å². The number of aryl methyl sites for hydroxylation is 1. The van der Waals surface area contributed by atoms with Gasteiger partial charge in [-0.15, -0.1) is 0 Å². The summed E-state index contributed by atoms with van der Waals surface area (Å²) in [6.45, 7) is 1.88. The first-order valence-corrected chi connectivity index (χ1v) is 8.38. The molecule has 0 radical (unpaired) electrons. The largest absolute Gasteiger partial charge is 0.497 e. The number of aromatic carboxylic acids is 1. The lowest BCUT2D eigenvalue weighted by Gasteiger charge is -2.14. The number of methoxy groups -OCH3 is 1. The predicted octanol–water partition coefficient (Wildman–Crippen LogP) is 3.80. The molecule has 0 bridgehead atoms. The third kappa shape index (κ3) is 4.28. The minimum Gasteiger partial charge on any atom is -0.497 e. The summed E-state index contributed by atoms with van der Waals surface area (Å²) in [6, 6.07) is 9.86. The van der Waals surface area contributed by atoms with Crippen LogP contribution in [-0.2, 0) is 13.2 Å². The predicted molar refractivity (Wildman–Crippen MR) is 96.7 cm³/mol. The van der Waals surface area contributed by atoms with E-state index in [4.69, 9.17) is 14.6 Å². The summed E-state index contributed by atoms with van der Waals surface area (Å²) < 4.78 is 39.4. The number of benzene rings is 2. The lowest BCUT2D eigenvalue weighted by Crippen LogP contribution is -2.08. The maximum atomic E-state index is 13.8. The average molecular weight is 388 g/mol. The second kappa shape index (κ2) is 8.08. The van der Waals surface area contributed by atoms with Gasteiger partial charge < -0.3 is 14.6 Å². The van der Waals surface area contributed by atoms with E-state index in [0.717, 1.165) is 12.1 Å². The zero-order valence-electron chi connectivity index (χ0n) is 15.3. The molecule has 146 valence electrons. The Balaban J connectivity index is 1.86. The van der Waals surface area contributed by atoms with Gasteiger partial charge in [0.15, 0.2) is 5.69 Å². The smallest absolute Gasteiger partial charge is 0.356 e. The van der Waals surface area contributed by atoms with Gasteiger partial charge >= 0.3 is 5.97 Å². The molecule has 3 aromatic rings. The number of carboxylic acid groups (broad SMARTS) is 1. The van der Waals surface area contributed by atoms with Gasteiger partial charge in [-0.05, 0) is 43.3 Å². The van der Waals surface area contributed by atoms with E-state index in [1.54, 1.807) is 25.1 Å². The van der Waals surface area contributed by atoms with E-state index in [2.05, 4.69) is 5.10 Å². The van der Waals surface area contributed by atoms with Crippen LogP contribution in [0, 0.1) is 18.6 Å². The molecular formula is C20H18F2N2O4. The topological polar surface area (TPSA) is 73.6 Å². The van der Waals surface area contributed by atoms with E-state index in [1.165, 1.54) is 23.9 Å². The van der Waals surface area contributed by atoms with Crippen LogP contribution >= 0.6 is 0 Å². The second-order valence-corrected chi connectivity index (χ2v) is 6.13. The SMILES string of the molecule is COc1ccc(OCc2ccc(F)cc2F)c(Cn2nc(C(=O)O)cc2C)c1. The van der Waals surface area contributed by atoms with Crippen LogP contribution in [0.5, 0.6) is 11.5 Å². The number of halogens is 2. The third-order valence-corrected chi connectivity index (χ3v) is 4.19. The lowest BCUT2D eigenvalue weighted by atomic mass is 10.1. The molecule has 0 unspecified atom stereocenters. The van der Waals surface area contributed by atoms with E-state index in [1.807, 2.05) is 0 Å². The number of nitrogens with zero attached hydrogens (tertiary/aromatic N) is 2. The monoisotopic (exact) mass is 388 g/mol. The highest BCUT2D eigenvalue weighted by molar-refractivity contribution is 5.85. The number of carboxylic acids is 1. The number of rotatable bonds is 7. The molecule has 0 spiro atoms. The zero-order chi connectivity index (χ0) is 20.3. The molecule has 0 saturated heterocycles. The normalized spacial score (nSPS) is 10.7. The Labute approximate surface area is 159 Å². The van der Waals surface area contributed by atoms with Crippen LogP contribution in [0.25, 0.3) is 0 Å². The number of ether oxygens (including phenoxy) is 2. The van der Waals surface area contributed by atoms with Gasteiger partial charge in [0.1, 0.15) is 29.7 Å². The average Bonchev–Trinajstić information content (AvgIpc) is 3.02. The highest BCUT2D eigenvalue weighted by atomic mass is 19.1. The quantitative estimate of drug-likeness (QED) is 0.666. The molecule has 2 aromatic carbocycles. The molecule has 0 amide bonds. The zero-order valence-corrected chi connectivity index (χ0v) is 15.3. The summed E-state index contributed by atoms with van der Waals surface area (Å²) >= 11 is 0. The van der Waals surface area contributed by atoms with Gasteiger partial charge in [-0.25, -0.2) is 13.6 Å². The molecule has 1 aromatic heterocycles. The molecule has 8 heteroatoms. The molecule has 6 nitrogen and oxygen atoms in total. The highest BCUT2D eigenvalue weighted by Gasteiger charge is 2.14. The molecule has 3 rings (SSSR count). The van der Waals surface area contributed by atoms with Gasteiger partial charge in [-0.1, -0.05) is 0 Å². The Kier molecular flexibility index (Phi) is 5.58. The molecule has 1 heterocycles. The summed E-state index contributed by atoms with van der Waals surface area (Å²) in [5.41, 5.74) is 1.49. The third-order valence-electron chi connectivity index (χ3n) is 4.19. The summed E-state index contributed by atoms with van der Waals surface area (Å²) in [4.78, 5) is 11.1. The van der Waals surface area contributed by atoms with E-state index in [0.29, 0.717) is 22.8 Å². The van der Waals surface area contributed by atoms with Crippen molar-refractivity contribution in [3.05, 3.63) is 76.6 Å². The molecule has 0 atom stereocenters. The lowest BCUT2D eigenvalue weighted by molar-refractivity contribution is 0.0689. The van der Waals surface area contributed by atoms with Gasteiger partial charge in [0, 0.05) is 22.9 Å². The summed E-state index contributed by atoms with van der Waals surface area (Å²) in [6.07, 6.45) is 0. The molecule has 0 saturated carbocycles. The second-order valence-electron chi connectivity index (χ2n) is 6.13. The fourth-order valence-corrected chi connectivity index (χ4v) is 2.68. The Hall–Kier alpha value is -3.42. The molecule has 0 aliphatic rings. The van der Waals surface area contributed by atoms with Crippen molar-refractivity contribution in [3.63, 3.8) is 0 Å². The van der Waals surface area contributed by atoms with E-state index < -0.39 is 17.6 Å². The van der Waals surface area contributed by atoms with Gasteiger partial charge in [0.05, 0.1) is 13.7 Å². The fraction of sp³-hybridized carbons (Fsp3) is 0.200. The van der Waals surface area contributed by atoms with Crippen LogP contribution in [0.1, 0.15) is 27.3 Å². The van der Waals surface area contributed by atoms with Crippen molar-refractivity contribution in [2.24, 2.45) is 0 Å². The van der Waals surface area contributed by atoms with Gasteiger partial charge in [-0.3, -0.25) is 4.68 Å². The van der Waals surface area contributed by atoms with Crippen molar-refractivity contribution in [1.29, 1.82) is 0 Å². The molecule has 0 aliphatic heterocycles. The van der Waals surface area contributed by atoms with Crippen molar-refractivity contribution in [2.45, 2.75) is 20.1 Å². The van der Waals surface area contributed by atoms with Crippen molar-refractivity contribution in [1.82, 2.24) is 9.78 Å². The number of aromatic nitrogens is 2. The molecule has 0 aliphatic carbocycles. The maximum Gasteiger partial charge on any atom is 0.356 e. The number of carbonyl (C=O) groups is 1. The van der Waals surface area contributed by atoms with Crippen molar-refractivity contribution >= 4 is 5.97 Å². The Bertz CT molecular complexity index is 1020. The summed E-state index contributed by atoms with van der Waals surface area (Å²) in [5.74, 6) is -1.43. The first-order chi connectivity index (χ1) is 13.4. The van der Waals surface area contributed by atoms with Crippen molar-refractivity contribution in [3.8, 4) is 11.5 Å². The first kappa shape index (κ1) is 19.3. The fourth-order valence-electron chi connectivity index (χ4n) is 2.68. The summed E-state index contributed by atoms with van der Waals surface area (Å²) in [7, 11) is 1.52. The summed E-state index contributed by atoms with van der Waals surface area (Å²) in [5, 5.41) is 13.2. The minimum atomic E-state index is -1.12.